The molecule has 0 amide bonds. The number of hydrogen-bond acceptors (Lipinski definition) is 4. The molecule has 4 rings (SSSR count). The Morgan fingerprint density at radius 3 is 2.63 bits per heavy atom. The zero-order valence-corrected chi connectivity index (χ0v) is 19.8. The van der Waals surface area contributed by atoms with E-state index in [1.165, 1.54) is 12.1 Å². The number of hydrogen-bond donors (Lipinski definition) is 2. The molecule has 0 aliphatic heterocycles. The number of carboxylic acids is 1. The Hall–Kier alpha value is -3.74. The van der Waals surface area contributed by atoms with Gasteiger partial charge in [-0.05, 0) is 76.3 Å². The van der Waals surface area contributed by atoms with Crippen LogP contribution in [0, 0.1) is 5.82 Å². The van der Waals surface area contributed by atoms with Crippen molar-refractivity contribution in [2.24, 2.45) is 0 Å². The average Bonchev–Trinajstić information content (AvgIpc) is 2.87. The summed E-state index contributed by atoms with van der Waals surface area (Å²) in [6.45, 7) is 3.72. The second kappa shape index (κ2) is 11.1. The SMILES string of the molecule is COCCOc1cccc([C@@H](C)NCc2cc(-c3ccc(F)c(C(=O)O)c3)c3ccccc3c2)c1. The first-order chi connectivity index (χ1) is 17.0. The number of benzene rings is 4. The third-order valence-electron chi connectivity index (χ3n) is 5.96. The number of carboxylic acid groups (broad SMARTS) is 1. The minimum absolute atomic E-state index is 0.0697. The Kier molecular flexibility index (Phi) is 7.75. The zero-order valence-electron chi connectivity index (χ0n) is 19.8. The molecule has 6 heteroatoms. The number of methoxy groups -OCH3 is 1. The molecule has 0 fully saturated rings. The lowest BCUT2D eigenvalue weighted by Gasteiger charge is -2.17. The third-order valence-corrected chi connectivity index (χ3v) is 5.96. The van der Waals surface area contributed by atoms with Crippen molar-refractivity contribution in [3.8, 4) is 16.9 Å². The van der Waals surface area contributed by atoms with Gasteiger partial charge >= 0.3 is 5.97 Å². The summed E-state index contributed by atoms with van der Waals surface area (Å²) < 4.78 is 24.8. The van der Waals surface area contributed by atoms with Gasteiger partial charge in [0.25, 0.3) is 0 Å². The number of ether oxygens (including phenoxy) is 2. The van der Waals surface area contributed by atoms with Crippen LogP contribution in [0.15, 0.2) is 78.9 Å². The molecular weight excluding hydrogens is 445 g/mol. The Balaban J connectivity index is 1.59. The minimum Gasteiger partial charge on any atom is -0.491 e. The molecule has 0 spiro atoms. The number of carbonyl (C=O) groups is 1. The van der Waals surface area contributed by atoms with Crippen LogP contribution in [-0.4, -0.2) is 31.4 Å². The van der Waals surface area contributed by atoms with Crippen LogP contribution in [0.1, 0.15) is 34.5 Å². The molecule has 0 aliphatic carbocycles. The van der Waals surface area contributed by atoms with E-state index in [-0.39, 0.29) is 11.6 Å². The van der Waals surface area contributed by atoms with Crippen LogP contribution in [0.3, 0.4) is 0 Å². The van der Waals surface area contributed by atoms with E-state index in [0.717, 1.165) is 33.2 Å². The number of fused-ring (bicyclic) bond motifs is 1. The van der Waals surface area contributed by atoms with Crippen LogP contribution in [0.4, 0.5) is 4.39 Å². The van der Waals surface area contributed by atoms with Gasteiger partial charge in [0.1, 0.15) is 18.2 Å². The molecule has 0 bridgehead atoms. The van der Waals surface area contributed by atoms with Gasteiger partial charge < -0.3 is 19.9 Å². The molecule has 0 radical (unpaired) electrons. The van der Waals surface area contributed by atoms with Gasteiger partial charge in [0, 0.05) is 19.7 Å². The maximum atomic E-state index is 14.0. The summed E-state index contributed by atoms with van der Waals surface area (Å²) in [4.78, 5) is 11.5. The normalized spacial score (nSPS) is 12.0. The molecule has 180 valence electrons. The van der Waals surface area contributed by atoms with Crippen molar-refractivity contribution >= 4 is 16.7 Å². The highest BCUT2D eigenvalue weighted by Crippen LogP contribution is 2.32. The van der Waals surface area contributed by atoms with Crippen molar-refractivity contribution in [3.05, 3.63) is 101 Å². The smallest absolute Gasteiger partial charge is 0.338 e. The van der Waals surface area contributed by atoms with Gasteiger partial charge in [-0.15, -0.1) is 0 Å². The summed E-state index contributed by atoms with van der Waals surface area (Å²) in [5.41, 5.74) is 3.33. The van der Waals surface area contributed by atoms with Gasteiger partial charge in [-0.2, -0.15) is 0 Å². The quantitative estimate of drug-likeness (QED) is 0.268. The van der Waals surface area contributed by atoms with E-state index >= 15 is 0 Å². The first-order valence-electron chi connectivity index (χ1n) is 11.5. The van der Waals surface area contributed by atoms with Gasteiger partial charge in [0.05, 0.1) is 12.2 Å². The maximum Gasteiger partial charge on any atom is 0.338 e. The zero-order chi connectivity index (χ0) is 24.8. The lowest BCUT2D eigenvalue weighted by molar-refractivity contribution is 0.0692. The minimum atomic E-state index is -1.28. The predicted octanol–water partition coefficient (Wildman–Crippen LogP) is 6.22. The predicted molar refractivity (Wildman–Crippen MR) is 135 cm³/mol. The summed E-state index contributed by atoms with van der Waals surface area (Å²) in [5, 5.41) is 14.9. The van der Waals surface area contributed by atoms with Crippen LogP contribution in [0.2, 0.25) is 0 Å². The van der Waals surface area contributed by atoms with E-state index in [2.05, 4.69) is 24.4 Å². The molecule has 1 atom stereocenters. The molecule has 0 aromatic heterocycles. The van der Waals surface area contributed by atoms with Crippen LogP contribution < -0.4 is 10.1 Å². The number of halogens is 1. The molecule has 0 heterocycles. The maximum absolute atomic E-state index is 14.0. The summed E-state index contributed by atoms with van der Waals surface area (Å²) >= 11 is 0. The Bertz CT molecular complexity index is 1340. The van der Waals surface area contributed by atoms with Gasteiger partial charge in [-0.3, -0.25) is 0 Å². The van der Waals surface area contributed by atoms with Crippen LogP contribution in [0.5, 0.6) is 5.75 Å². The summed E-state index contributed by atoms with van der Waals surface area (Å²) in [6.07, 6.45) is 0. The van der Waals surface area contributed by atoms with Crippen LogP contribution >= 0.6 is 0 Å². The molecule has 0 unspecified atom stereocenters. The first-order valence-corrected chi connectivity index (χ1v) is 11.5. The molecule has 0 saturated carbocycles. The number of aromatic carboxylic acids is 1. The molecule has 2 N–H and O–H groups in total. The van der Waals surface area contributed by atoms with Crippen molar-refractivity contribution in [1.29, 1.82) is 0 Å². The fraction of sp³-hybridized carbons (Fsp3) is 0.207. The highest BCUT2D eigenvalue weighted by atomic mass is 19.1. The lowest BCUT2D eigenvalue weighted by Crippen LogP contribution is -2.18. The summed E-state index contributed by atoms with van der Waals surface area (Å²) in [5.74, 6) is -1.23. The van der Waals surface area contributed by atoms with Crippen molar-refractivity contribution in [1.82, 2.24) is 5.32 Å². The molecule has 35 heavy (non-hydrogen) atoms. The Labute approximate surface area is 204 Å². The molecule has 5 nitrogen and oxygen atoms in total. The number of nitrogens with one attached hydrogen (secondary N) is 1. The Morgan fingerprint density at radius 2 is 1.83 bits per heavy atom. The van der Waals surface area contributed by atoms with Crippen LogP contribution in [-0.2, 0) is 11.3 Å². The topological polar surface area (TPSA) is 67.8 Å². The van der Waals surface area contributed by atoms with Crippen molar-refractivity contribution < 1.29 is 23.8 Å². The highest BCUT2D eigenvalue weighted by Gasteiger charge is 2.14. The van der Waals surface area contributed by atoms with Gasteiger partial charge in [-0.25, -0.2) is 9.18 Å². The lowest BCUT2D eigenvalue weighted by atomic mass is 9.94. The molecule has 4 aromatic rings. The summed E-state index contributed by atoms with van der Waals surface area (Å²) in [7, 11) is 1.64. The van der Waals surface area contributed by atoms with E-state index in [4.69, 9.17) is 9.47 Å². The fourth-order valence-electron chi connectivity index (χ4n) is 4.08. The van der Waals surface area contributed by atoms with Crippen molar-refractivity contribution in [2.45, 2.75) is 19.5 Å². The van der Waals surface area contributed by atoms with Crippen molar-refractivity contribution in [3.63, 3.8) is 0 Å². The molecule has 0 saturated heterocycles. The second-order valence-electron chi connectivity index (χ2n) is 8.38. The third kappa shape index (κ3) is 5.85. The van der Waals surface area contributed by atoms with Gasteiger partial charge in [0.15, 0.2) is 0 Å². The highest BCUT2D eigenvalue weighted by molar-refractivity contribution is 5.98. The largest absolute Gasteiger partial charge is 0.491 e. The fourth-order valence-corrected chi connectivity index (χ4v) is 4.08. The standard InChI is InChI=1S/C29H28FNO4/c1-19(21-7-5-8-24(16-21)35-13-12-34-2)31-18-20-14-22-6-3-4-9-25(22)26(15-20)23-10-11-28(30)27(17-23)29(32)33/h3-11,14-17,19,31H,12-13,18H2,1-2H3,(H,32,33)/t19-/m1/s1. The molecular formula is C29H28FNO4. The second-order valence-corrected chi connectivity index (χ2v) is 8.38. The van der Waals surface area contributed by atoms with Gasteiger partial charge in [0.2, 0.25) is 0 Å². The van der Waals surface area contributed by atoms with Gasteiger partial charge in [-0.1, -0.05) is 42.5 Å². The number of rotatable bonds is 10. The van der Waals surface area contributed by atoms with E-state index < -0.39 is 11.8 Å². The first kappa shape index (κ1) is 24.4. The van der Waals surface area contributed by atoms with Crippen LogP contribution in [0.25, 0.3) is 21.9 Å². The van der Waals surface area contributed by atoms with E-state index in [1.54, 1.807) is 13.2 Å². The van der Waals surface area contributed by atoms with E-state index in [9.17, 15) is 14.3 Å². The average molecular weight is 474 g/mol. The summed E-state index contributed by atoms with van der Waals surface area (Å²) in [6, 6.07) is 24.3. The molecule has 4 aromatic carbocycles. The van der Waals surface area contributed by atoms with E-state index in [1.807, 2.05) is 48.5 Å². The molecule has 0 aliphatic rings. The van der Waals surface area contributed by atoms with Crippen molar-refractivity contribution in [2.75, 3.05) is 20.3 Å². The monoisotopic (exact) mass is 473 g/mol. The Morgan fingerprint density at radius 1 is 1.00 bits per heavy atom. The van der Waals surface area contributed by atoms with E-state index in [0.29, 0.717) is 25.3 Å².